The lowest BCUT2D eigenvalue weighted by Gasteiger charge is -2.21. The van der Waals surface area contributed by atoms with Crippen LogP contribution in [0, 0.1) is 17.7 Å². The molecule has 0 unspecified atom stereocenters. The van der Waals surface area contributed by atoms with Gasteiger partial charge in [0.2, 0.25) is 5.91 Å². The summed E-state index contributed by atoms with van der Waals surface area (Å²) >= 11 is 0. The highest BCUT2D eigenvalue weighted by atomic mass is 19.1. The molecule has 4 nitrogen and oxygen atoms in total. The molecule has 2 aromatic rings. The minimum Gasteiger partial charge on any atom is -0.342 e. The SMILES string of the molecule is O=C(CCc1cccnc1)N1C[C@H]2CN(Cc3cccc(F)c3)C[C@H]2C1. The molecule has 0 aliphatic carbocycles. The Morgan fingerprint density at radius 1 is 1.08 bits per heavy atom. The summed E-state index contributed by atoms with van der Waals surface area (Å²) in [5.74, 6) is 1.17. The number of halogens is 1. The van der Waals surface area contributed by atoms with E-state index in [1.807, 2.05) is 29.3 Å². The minimum absolute atomic E-state index is 0.174. The second kappa shape index (κ2) is 7.54. The van der Waals surface area contributed by atoms with Gasteiger partial charge in [-0.05, 0) is 47.6 Å². The molecule has 3 heterocycles. The number of carbonyl (C=O) groups excluding carboxylic acids is 1. The van der Waals surface area contributed by atoms with Crippen LogP contribution in [0.15, 0.2) is 48.8 Å². The van der Waals surface area contributed by atoms with Gasteiger partial charge < -0.3 is 4.90 Å². The smallest absolute Gasteiger partial charge is 0.222 e. The quantitative estimate of drug-likeness (QED) is 0.829. The summed E-state index contributed by atoms with van der Waals surface area (Å²) in [6, 6.07) is 10.8. The third kappa shape index (κ3) is 3.93. The molecule has 2 fully saturated rings. The first-order chi connectivity index (χ1) is 12.7. The van der Waals surface area contributed by atoms with Crippen molar-refractivity contribution in [3.63, 3.8) is 0 Å². The van der Waals surface area contributed by atoms with Crippen LogP contribution in [0.1, 0.15) is 17.5 Å². The molecule has 1 amide bonds. The van der Waals surface area contributed by atoms with Crippen molar-refractivity contribution in [2.75, 3.05) is 26.2 Å². The number of amides is 1. The number of aryl methyl sites for hydroxylation is 1. The Hall–Kier alpha value is -2.27. The van der Waals surface area contributed by atoms with E-state index in [2.05, 4.69) is 9.88 Å². The summed E-state index contributed by atoms with van der Waals surface area (Å²) in [4.78, 5) is 21.0. The van der Waals surface area contributed by atoms with Gasteiger partial charge >= 0.3 is 0 Å². The summed E-state index contributed by atoms with van der Waals surface area (Å²) < 4.78 is 13.3. The normalized spacial score (nSPS) is 22.6. The monoisotopic (exact) mass is 353 g/mol. The van der Waals surface area contributed by atoms with Gasteiger partial charge in [0.1, 0.15) is 5.82 Å². The van der Waals surface area contributed by atoms with Gasteiger partial charge in [-0.3, -0.25) is 14.7 Å². The highest BCUT2D eigenvalue weighted by molar-refractivity contribution is 5.76. The Bertz CT molecular complexity index is 753. The molecular weight excluding hydrogens is 329 g/mol. The Morgan fingerprint density at radius 2 is 1.85 bits per heavy atom. The van der Waals surface area contributed by atoms with Gasteiger partial charge in [-0.1, -0.05) is 18.2 Å². The molecular formula is C21H24FN3O. The topological polar surface area (TPSA) is 36.4 Å². The number of fused-ring (bicyclic) bond motifs is 1. The zero-order valence-electron chi connectivity index (χ0n) is 14.9. The molecule has 1 aromatic carbocycles. The average molecular weight is 353 g/mol. The maximum atomic E-state index is 13.3. The summed E-state index contributed by atoms with van der Waals surface area (Å²) in [7, 11) is 0. The molecule has 0 spiro atoms. The third-order valence-corrected chi connectivity index (χ3v) is 5.56. The van der Waals surface area contributed by atoms with E-state index in [-0.39, 0.29) is 11.7 Å². The number of aromatic nitrogens is 1. The van der Waals surface area contributed by atoms with E-state index >= 15 is 0 Å². The molecule has 0 N–H and O–H groups in total. The summed E-state index contributed by atoms with van der Waals surface area (Å²) in [6.07, 6.45) is 4.89. The number of rotatable bonds is 5. The van der Waals surface area contributed by atoms with Crippen molar-refractivity contribution >= 4 is 5.91 Å². The van der Waals surface area contributed by atoms with Crippen molar-refractivity contribution in [3.05, 3.63) is 65.7 Å². The fourth-order valence-corrected chi connectivity index (χ4v) is 4.27. The highest BCUT2D eigenvalue weighted by Gasteiger charge is 2.41. The predicted molar refractivity (Wildman–Crippen MR) is 97.8 cm³/mol. The van der Waals surface area contributed by atoms with Crippen LogP contribution in [0.2, 0.25) is 0 Å². The Labute approximate surface area is 153 Å². The molecule has 2 aliphatic rings. The average Bonchev–Trinajstić information content (AvgIpc) is 3.19. The van der Waals surface area contributed by atoms with Gasteiger partial charge in [-0.2, -0.15) is 0 Å². The number of benzene rings is 1. The molecule has 2 saturated heterocycles. The van der Waals surface area contributed by atoms with Crippen molar-refractivity contribution in [1.82, 2.24) is 14.8 Å². The Morgan fingerprint density at radius 3 is 2.54 bits per heavy atom. The molecule has 1 aromatic heterocycles. The number of nitrogens with zero attached hydrogens (tertiary/aromatic N) is 3. The lowest BCUT2D eigenvalue weighted by molar-refractivity contribution is -0.130. The van der Waals surface area contributed by atoms with Gasteiger partial charge in [0.15, 0.2) is 0 Å². The van der Waals surface area contributed by atoms with E-state index in [0.717, 1.165) is 50.3 Å². The van der Waals surface area contributed by atoms with Crippen LogP contribution >= 0.6 is 0 Å². The third-order valence-electron chi connectivity index (χ3n) is 5.56. The standard InChI is InChI=1S/C21H24FN3O/c22-20-5-1-3-17(9-20)11-24-12-18-14-25(15-19(18)13-24)21(26)7-6-16-4-2-8-23-10-16/h1-5,8-10,18-19H,6-7,11-15H2/t18-,19+. The van der Waals surface area contributed by atoms with Crippen LogP contribution in [-0.2, 0) is 17.8 Å². The fourth-order valence-electron chi connectivity index (χ4n) is 4.27. The van der Waals surface area contributed by atoms with Crippen LogP contribution in [0.5, 0.6) is 0 Å². The highest BCUT2D eigenvalue weighted by Crippen LogP contribution is 2.32. The second-order valence-electron chi connectivity index (χ2n) is 7.50. The van der Waals surface area contributed by atoms with Crippen molar-refractivity contribution in [3.8, 4) is 0 Å². The Balaban J connectivity index is 1.26. The number of likely N-dealkylation sites (tertiary alicyclic amines) is 2. The van der Waals surface area contributed by atoms with Crippen molar-refractivity contribution in [1.29, 1.82) is 0 Å². The zero-order chi connectivity index (χ0) is 17.9. The van der Waals surface area contributed by atoms with Crippen molar-refractivity contribution in [2.45, 2.75) is 19.4 Å². The lowest BCUT2D eigenvalue weighted by atomic mass is 10.0. The van der Waals surface area contributed by atoms with Crippen LogP contribution in [0.3, 0.4) is 0 Å². The van der Waals surface area contributed by atoms with E-state index in [1.165, 1.54) is 6.07 Å². The van der Waals surface area contributed by atoms with Crippen LogP contribution in [0.25, 0.3) is 0 Å². The van der Waals surface area contributed by atoms with Gasteiger partial charge in [0, 0.05) is 51.5 Å². The first-order valence-electron chi connectivity index (χ1n) is 9.31. The number of hydrogen-bond acceptors (Lipinski definition) is 3. The molecule has 5 heteroatoms. The molecule has 26 heavy (non-hydrogen) atoms. The van der Waals surface area contributed by atoms with Crippen LogP contribution in [-0.4, -0.2) is 46.9 Å². The molecule has 2 atom stereocenters. The minimum atomic E-state index is -0.174. The lowest BCUT2D eigenvalue weighted by Crippen LogP contribution is -2.33. The largest absolute Gasteiger partial charge is 0.342 e. The number of hydrogen-bond donors (Lipinski definition) is 0. The van der Waals surface area contributed by atoms with Crippen LogP contribution in [0.4, 0.5) is 4.39 Å². The second-order valence-corrected chi connectivity index (χ2v) is 7.50. The predicted octanol–water partition coefficient (Wildman–Crippen LogP) is 2.74. The van der Waals surface area contributed by atoms with Crippen molar-refractivity contribution in [2.24, 2.45) is 11.8 Å². The molecule has 0 radical (unpaired) electrons. The molecule has 0 bridgehead atoms. The number of carbonyl (C=O) groups is 1. The summed E-state index contributed by atoms with van der Waals surface area (Å²) in [5, 5.41) is 0. The van der Waals surface area contributed by atoms with Crippen LogP contribution < -0.4 is 0 Å². The zero-order valence-corrected chi connectivity index (χ0v) is 14.9. The van der Waals surface area contributed by atoms with Gasteiger partial charge in [-0.15, -0.1) is 0 Å². The van der Waals surface area contributed by atoms with Crippen molar-refractivity contribution < 1.29 is 9.18 Å². The summed E-state index contributed by atoms with van der Waals surface area (Å²) in [6.45, 7) is 4.49. The first kappa shape index (κ1) is 17.2. The first-order valence-corrected chi connectivity index (χ1v) is 9.31. The molecule has 2 aliphatic heterocycles. The molecule has 4 rings (SSSR count). The van der Waals surface area contributed by atoms with E-state index in [9.17, 15) is 9.18 Å². The van der Waals surface area contributed by atoms with E-state index < -0.39 is 0 Å². The summed E-state index contributed by atoms with van der Waals surface area (Å²) in [5.41, 5.74) is 2.14. The van der Waals surface area contributed by atoms with Gasteiger partial charge in [0.25, 0.3) is 0 Å². The van der Waals surface area contributed by atoms with E-state index in [4.69, 9.17) is 0 Å². The van der Waals surface area contributed by atoms with Gasteiger partial charge in [0.05, 0.1) is 0 Å². The maximum absolute atomic E-state index is 13.3. The number of pyridine rings is 1. The fraction of sp³-hybridized carbons (Fsp3) is 0.429. The van der Waals surface area contributed by atoms with E-state index in [1.54, 1.807) is 18.3 Å². The maximum Gasteiger partial charge on any atom is 0.222 e. The molecule has 0 saturated carbocycles. The van der Waals surface area contributed by atoms with E-state index in [0.29, 0.717) is 18.3 Å². The molecule has 136 valence electrons. The van der Waals surface area contributed by atoms with Gasteiger partial charge in [-0.25, -0.2) is 4.39 Å². The Kier molecular flexibility index (Phi) is 4.98.